The molecule has 1 aromatic rings. The van der Waals surface area contributed by atoms with Gasteiger partial charge in [-0.15, -0.1) is 11.8 Å². The third-order valence-corrected chi connectivity index (χ3v) is 7.84. The molecule has 0 radical (unpaired) electrons. The molecule has 0 bridgehead atoms. The van der Waals surface area contributed by atoms with Gasteiger partial charge in [-0.1, -0.05) is 29.8 Å². The summed E-state index contributed by atoms with van der Waals surface area (Å²) in [6.07, 6.45) is 2.39. The monoisotopic (exact) mass is 380 g/mol. The minimum atomic E-state index is -4.88. The van der Waals surface area contributed by atoms with E-state index in [1.54, 1.807) is 11.8 Å². The van der Waals surface area contributed by atoms with E-state index >= 15 is 0 Å². The van der Waals surface area contributed by atoms with Gasteiger partial charge in [0.1, 0.15) is 0 Å². The molecule has 23 heavy (non-hydrogen) atoms. The second-order valence-corrected chi connectivity index (χ2v) is 9.94. The van der Waals surface area contributed by atoms with Crippen LogP contribution in [0.3, 0.4) is 0 Å². The summed E-state index contributed by atoms with van der Waals surface area (Å²) in [7, 11) is -9.63. The van der Waals surface area contributed by atoms with Crippen LogP contribution in [-0.2, 0) is 14.7 Å². The molecule has 9 heteroatoms. The van der Waals surface area contributed by atoms with Crippen LogP contribution < -0.4 is 0 Å². The lowest BCUT2D eigenvalue weighted by molar-refractivity contribution is 0.360. The molecule has 0 aromatic heterocycles. The first-order valence-electron chi connectivity index (χ1n) is 6.95. The summed E-state index contributed by atoms with van der Waals surface area (Å²) in [4.78, 5) is 17.1. The van der Waals surface area contributed by atoms with E-state index in [2.05, 4.69) is 0 Å². The first-order chi connectivity index (χ1) is 10.6. The average Bonchev–Trinajstić information content (AvgIpc) is 2.43. The van der Waals surface area contributed by atoms with Crippen LogP contribution in [0.25, 0.3) is 0 Å². The van der Waals surface area contributed by atoms with Crippen LogP contribution in [0.15, 0.2) is 46.9 Å². The van der Waals surface area contributed by atoms with Gasteiger partial charge in [0.05, 0.1) is 0 Å². The largest absolute Gasteiger partial charge is 0.346 e. The predicted octanol–water partition coefficient (Wildman–Crippen LogP) is 3.29. The number of thioether (sulfide) groups is 1. The van der Waals surface area contributed by atoms with Gasteiger partial charge in [-0.05, 0) is 38.3 Å². The predicted molar refractivity (Wildman–Crippen MR) is 92.2 cm³/mol. The lowest BCUT2D eigenvalue weighted by Gasteiger charge is -2.14. The summed E-state index contributed by atoms with van der Waals surface area (Å²) in [5.41, 5.74) is 1.10. The number of allylic oxidation sites excluding steroid dienone is 1. The zero-order chi connectivity index (χ0) is 17.5. The first kappa shape index (κ1) is 20.4. The second-order valence-electron chi connectivity index (χ2n) is 5.14. The molecule has 0 aliphatic rings. The van der Waals surface area contributed by atoms with Crippen LogP contribution in [0.5, 0.6) is 0 Å². The van der Waals surface area contributed by atoms with Crippen molar-refractivity contribution in [2.45, 2.75) is 36.1 Å². The zero-order valence-corrected chi connectivity index (χ0v) is 15.2. The molecule has 0 fully saturated rings. The third kappa shape index (κ3) is 8.15. The topological polar surface area (TPSA) is 112 Å². The molecule has 0 saturated carbocycles. The number of rotatable bonds is 9. The average molecular weight is 380 g/mol. The van der Waals surface area contributed by atoms with Crippen molar-refractivity contribution in [3.63, 3.8) is 0 Å². The van der Waals surface area contributed by atoms with E-state index in [0.717, 1.165) is 16.2 Å². The molecule has 1 aromatic carbocycles. The molecule has 0 amide bonds. The number of hydrogen-bond acceptors (Lipinski definition) is 4. The van der Waals surface area contributed by atoms with E-state index in [0.29, 0.717) is 6.42 Å². The Bertz CT molecular complexity index is 666. The maximum absolute atomic E-state index is 11.1. The Morgan fingerprint density at radius 2 is 1.91 bits per heavy atom. The van der Waals surface area contributed by atoms with Crippen molar-refractivity contribution in [1.29, 1.82) is 0 Å². The van der Waals surface area contributed by atoms with Gasteiger partial charge in [0, 0.05) is 10.6 Å². The van der Waals surface area contributed by atoms with E-state index in [-0.39, 0.29) is 12.8 Å². The maximum atomic E-state index is 11.1. The summed E-state index contributed by atoms with van der Waals surface area (Å²) < 4.78 is 42.0. The highest BCUT2D eigenvalue weighted by Gasteiger charge is 2.38. The summed E-state index contributed by atoms with van der Waals surface area (Å²) in [5.74, 6) is 0.782. The summed E-state index contributed by atoms with van der Waals surface area (Å²) in [5, 5.41) is 0. The van der Waals surface area contributed by atoms with Crippen molar-refractivity contribution in [3.05, 3.63) is 42.0 Å². The van der Waals surface area contributed by atoms with Gasteiger partial charge >= 0.3 is 7.60 Å². The highest BCUT2D eigenvalue weighted by atomic mass is 32.2. The van der Waals surface area contributed by atoms with Crippen molar-refractivity contribution in [2.75, 3.05) is 5.75 Å². The molecule has 0 heterocycles. The molecule has 0 aliphatic heterocycles. The molecule has 6 nitrogen and oxygen atoms in total. The number of benzene rings is 1. The summed E-state index contributed by atoms with van der Waals surface area (Å²) in [6, 6.07) is 9.88. The second kappa shape index (κ2) is 9.01. The fourth-order valence-electron chi connectivity index (χ4n) is 1.90. The van der Waals surface area contributed by atoms with Crippen LogP contribution in [0.4, 0.5) is 0 Å². The Morgan fingerprint density at radius 3 is 2.43 bits per heavy atom. The van der Waals surface area contributed by atoms with Gasteiger partial charge in [0.2, 0.25) is 0 Å². The molecule has 130 valence electrons. The van der Waals surface area contributed by atoms with Gasteiger partial charge in [-0.2, -0.15) is 8.42 Å². The fourth-order valence-corrected chi connectivity index (χ4v) is 5.14. The lowest BCUT2D eigenvalue weighted by atomic mass is 10.2. The van der Waals surface area contributed by atoms with E-state index in [1.165, 1.54) is 0 Å². The van der Waals surface area contributed by atoms with E-state index in [1.807, 2.05) is 43.3 Å². The molecule has 3 N–H and O–H groups in total. The van der Waals surface area contributed by atoms with Crippen LogP contribution in [-0.4, -0.2) is 33.5 Å². The highest BCUT2D eigenvalue weighted by Crippen LogP contribution is 2.46. The molecular formula is C14H21O6PS2. The molecule has 1 atom stereocenters. The third-order valence-electron chi connectivity index (χ3n) is 3.08. The molecule has 1 unspecified atom stereocenters. The van der Waals surface area contributed by atoms with Crippen molar-refractivity contribution < 1.29 is 27.3 Å². The number of hydrogen-bond donors (Lipinski definition) is 3. The normalized spacial score (nSPS) is 14.7. The van der Waals surface area contributed by atoms with Crippen molar-refractivity contribution in [1.82, 2.24) is 0 Å². The SMILES string of the molecule is C/C(=C\CCCC(P(=O)(O)O)S(=O)(=O)O)CSc1ccccc1. The minimum Gasteiger partial charge on any atom is -0.323 e. The highest BCUT2D eigenvalue weighted by molar-refractivity contribution is 7.99. The summed E-state index contributed by atoms with van der Waals surface area (Å²) >= 11 is 1.67. The molecule has 1 rings (SSSR count). The Balaban J connectivity index is 2.44. The molecule has 0 aliphatic carbocycles. The standard InChI is InChI=1S/C14H21O6PS2/c1-12(11-22-13-8-3-2-4-9-13)7-5-6-10-14(21(15,16)17)23(18,19)20/h2-4,7-9,14H,5-6,10-11H2,1H3,(H2,15,16,17)(H,18,19,20)/b12-7+. The van der Waals surface area contributed by atoms with E-state index in [9.17, 15) is 13.0 Å². The number of unbranched alkanes of at least 4 members (excludes halogenated alkanes) is 1. The maximum Gasteiger partial charge on any atom is 0.346 e. The van der Waals surface area contributed by atoms with Gasteiger partial charge in [-0.3, -0.25) is 9.12 Å². The Hall–Kier alpha value is -0.630. The first-order valence-corrected chi connectivity index (χ1v) is 11.1. The van der Waals surface area contributed by atoms with Crippen molar-refractivity contribution in [2.24, 2.45) is 0 Å². The van der Waals surface area contributed by atoms with Gasteiger partial charge in [-0.25, -0.2) is 0 Å². The Labute approximate surface area is 140 Å². The molecule has 0 saturated heterocycles. The van der Waals surface area contributed by atoms with E-state index in [4.69, 9.17) is 14.3 Å². The van der Waals surface area contributed by atoms with Gasteiger partial charge in [0.25, 0.3) is 10.1 Å². The van der Waals surface area contributed by atoms with Crippen molar-refractivity contribution >= 4 is 29.5 Å². The molecular weight excluding hydrogens is 359 g/mol. The Kier molecular flexibility index (Phi) is 8.00. The quantitative estimate of drug-likeness (QED) is 0.198. The van der Waals surface area contributed by atoms with Crippen LogP contribution in [0, 0.1) is 0 Å². The van der Waals surface area contributed by atoms with E-state index < -0.39 is 22.7 Å². The van der Waals surface area contributed by atoms with Crippen LogP contribution in [0.1, 0.15) is 26.2 Å². The minimum absolute atomic E-state index is 0.267. The zero-order valence-electron chi connectivity index (χ0n) is 12.7. The molecule has 0 spiro atoms. The van der Waals surface area contributed by atoms with Gasteiger partial charge < -0.3 is 9.79 Å². The Morgan fingerprint density at radius 1 is 1.30 bits per heavy atom. The van der Waals surface area contributed by atoms with Crippen LogP contribution >= 0.6 is 19.4 Å². The van der Waals surface area contributed by atoms with Crippen molar-refractivity contribution in [3.8, 4) is 0 Å². The van der Waals surface area contributed by atoms with Crippen LogP contribution in [0.2, 0.25) is 0 Å². The lowest BCUT2D eigenvalue weighted by Crippen LogP contribution is -2.20. The summed E-state index contributed by atoms with van der Waals surface area (Å²) in [6.45, 7) is 1.94. The smallest absolute Gasteiger partial charge is 0.323 e. The fraction of sp³-hybridized carbons (Fsp3) is 0.429. The van der Waals surface area contributed by atoms with Gasteiger partial charge in [0.15, 0.2) is 4.99 Å².